The Balaban J connectivity index is 2.68. The third-order valence-corrected chi connectivity index (χ3v) is 1.60. The van der Waals surface area contributed by atoms with Crippen LogP contribution in [-0.2, 0) is 0 Å². The molecule has 0 aliphatic rings. The molecule has 2 rings (SSSR count). The van der Waals surface area contributed by atoms with E-state index in [9.17, 15) is 4.79 Å². The predicted octanol–water partition coefficient (Wildman–Crippen LogP) is 0.111. The average molecular weight is 196 g/mol. The van der Waals surface area contributed by atoms with Gasteiger partial charge in [0.25, 0.3) is 11.6 Å². The van der Waals surface area contributed by atoms with E-state index in [1.165, 1.54) is 16.9 Å². The molecule has 13 heavy (non-hydrogen) atoms. The largest absolute Gasteiger partial charge is 0.475 e. The summed E-state index contributed by atoms with van der Waals surface area (Å²) in [5.41, 5.74) is 0. The molecule has 0 bridgehead atoms. The molecule has 2 aromatic heterocycles. The summed E-state index contributed by atoms with van der Waals surface area (Å²) in [6.07, 6.45) is 3.00. The highest BCUT2D eigenvalue weighted by Gasteiger charge is 2.10. The normalized spacial score (nSPS) is 10.5. The van der Waals surface area contributed by atoms with Gasteiger partial charge in [-0.25, -0.2) is 14.3 Å². The van der Waals surface area contributed by atoms with E-state index >= 15 is 0 Å². The molecule has 2 heterocycles. The number of rotatable bonds is 1. The van der Waals surface area contributed by atoms with E-state index in [1.807, 2.05) is 0 Å². The fourth-order valence-electron chi connectivity index (χ4n) is 0.863. The topological polar surface area (TPSA) is 80.4 Å². The third-order valence-electron chi connectivity index (χ3n) is 1.37. The molecule has 0 spiro atoms. The molecule has 7 heteroatoms. The summed E-state index contributed by atoms with van der Waals surface area (Å²) in [6.45, 7) is 0. The van der Waals surface area contributed by atoms with E-state index in [0.717, 1.165) is 0 Å². The van der Waals surface area contributed by atoms with E-state index in [1.54, 1.807) is 0 Å². The van der Waals surface area contributed by atoms with Gasteiger partial charge in [0, 0.05) is 17.3 Å². The molecule has 2 aromatic rings. The van der Waals surface area contributed by atoms with Crippen molar-refractivity contribution in [2.45, 2.75) is 4.90 Å². The zero-order chi connectivity index (χ0) is 9.42. The quantitative estimate of drug-likeness (QED) is 0.633. The molecule has 66 valence electrons. The Labute approximate surface area is 77.7 Å². The molecule has 0 saturated carbocycles. The van der Waals surface area contributed by atoms with E-state index in [2.05, 4.69) is 27.7 Å². The van der Waals surface area contributed by atoms with Crippen molar-refractivity contribution in [1.29, 1.82) is 0 Å². The first-order valence-corrected chi connectivity index (χ1v) is 3.76. The van der Waals surface area contributed by atoms with Crippen LogP contribution in [0.4, 0.5) is 0 Å². The molecule has 0 amide bonds. The van der Waals surface area contributed by atoms with E-state index in [4.69, 9.17) is 5.11 Å². The average Bonchev–Trinajstić information content (AvgIpc) is 2.46. The van der Waals surface area contributed by atoms with Gasteiger partial charge in [-0.2, -0.15) is 4.98 Å². The van der Waals surface area contributed by atoms with Gasteiger partial charge in [0.2, 0.25) is 0 Å². The lowest BCUT2D eigenvalue weighted by Crippen LogP contribution is -1.99. The SMILES string of the molecule is O=C(O)c1nc2ncc(S)cn2n1. The second-order valence-electron chi connectivity index (χ2n) is 2.30. The van der Waals surface area contributed by atoms with Crippen molar-refractivity contribution in [2.75, 3.05) is 0 Å². The second-order valence-corrected chi connectivity index (χ2v) is 2.81. The van der Waals surface area contributed by atoms with Crippen LogP contribution in [0.15, 0.2) is 17.3 Å². The Kier molecular flexibility index (Phi) is 1.66. The molecular formula is C6H4N4O2S. The van der Waals surface area contributed by atoms with Crippen molar-refractivity contribution < 1.29 is 9.90 Å². The summed E-state index contributed by atoms with van der Waals surface area (Å²) >= 11 is 4.02. The fraction of sp³-hybridized carbons (Fsp3) is 0. The van der Waals surface area contributed by atoms with Gasteiger partial charge >= 0.3 is 5.97 Å². The van der Waals surface area contributed by atoms with Gasteiger partial charge in [0.15, 0.2) is 0 Å². The molecule has 0 fully saturated rings. The number of carboxylic acids is 1. The van der Waals surface area contributed by atoms with Crippen LogP contribution in [0.3, 0.4) is 0 Å². The Morgan fingerprint density at radius 1 is 1.62 bits per heavy atom. The lowest BCUT2D eigenvalue weighted by atomic mass is 10.6. The van der Waals surface area contributed by atoms with E-state index in [0.29, 0.717) is 4.90 Å². The van der Waals surface area contributed by atoms with Crippen LogP contribution in [0.25, 0.3) is 5.78 Å². The number of thiol groups is 1. The maximum atomic E-state index is 10.5. The number of carboxylic acid groups (broad SMARTS) is 1. The Morgan fingerprint density at radius 3 is 3.08 bits per heavy atom. The fourth-order valence-corrected chi connectivity index (χ4v) is 1.03. The van der Waals surface area contributed by atoms with Crippen LogP contribution in [0, 0.1) is 0 Å². The van der Waals surface area contributed by atoms with Crippen LogP contribution in [0.1, 0.15) is 10.6 Å². The van der Waals surface area contributed by atoms with Gasteiger partial charge < -0.3 is 5.11 Å². The highest BCUT2D eigenvalue weighted by atomic mass is 32.1. The second kappa shape index (κ2) is 2.70. The molecule has 0 aliphatic carbocycles. The van der Waals surface area contributed by atoms with Crippen LogP contribution < -0.4 is 0 Å². The van der Waals surface area contributed by atoms with Crippen molar-refractivity contribution in [2.24, 2.45) is 0 Å². The molecule has 0 aliphatic heterocycles. The zero-order valence-corrected chi connectivity index (χ0v) is 7.14. The number of aromatic carboxylic acids is 1. The minimum Gasteiger partial charge on any atom is -0.475 e. The molecular weight excluding hydrogens is 192 g/mol. The summed E-state index contributed by atoms with van der Waals surface area (Å²) in [6, 6.07) is 0. The van der Waals surface area contributed by atoms with Crippen molar-refractivity contribution in [3.8, 4) is 0 Å². The summed E-state index contributed by atoms with van der Waals surface area (Å²) in [5.74, 6) is -1.20. The first-order chi connectivity index (χ1) is 6.16. The monoisotopic (exact) mass is 196 g/mol. The van der Waals surface area contributed by atoms with E-state index < -0.39 is 5.97 Å². The number of hydrogen-bond donors (Lipinski definition) is 2. The molecule has 1 N–H and O–H groups in total. The maximum Gasteiger partial charge on any atom is 0.375 e. The predicted molar refractivity (Wildman–Crippen MR) is 45.0 cm³/mol. The van der Waals surface area contributed by atoms with Crippen molar-refractivity contribution >= 4 is 24.4 Å². The molecule has 0 unspecified atom stereocenters. The summed E-state index contributed by atoms with van der Waals surface area (Å²) in [5, 5.41) is 12.2. The van der Waals surface area contributed by atoms with Crippen molar-refractivity contribution in [3.05, 3.63) is 18.2 Å². The highest BCUT2D eigenvalue weighted by molar-refractivity contribution is 7.80. The third kappa shape index (κ3) is 1.33. The standard InChI is InChI=1S/C6H4N4O2S/c11-5(12)4-8-6-7-1-3(13)2-10(6)9-4/h1-2,13H,(H,11,12). The first-order valence-electron chi connectivity index (χ1n) is 3.31. The summed E-state index contributed by atoms with van der Waals surface area (Å²) in [4.78, 5) is 18.6. The lowest BCUT2D eigenvalue weighted by molar-refractivity contribution is 0.0684. The lowest BCUT2D eigenvalue weighted by Gasteiger charge is -1.89. The summed E-state index contributed by atoms with van der Waals surface area (Å²) < 4.78 is 1.27. The Morgan fingerprint density at radius 2 is 2.38 bits per heavy atom. The van der Waals surface area contributed by atoms with Gasteiger partial charge in [0.1, 0.15) is 0 Å². The van der Waals surface area contributed by atoms with Gasteiger partial charge in [0.05, 0.1) is 0 Å². The van der Waals surface area contributed by atoms with Crippen LogP contribution in [0.5, 0.6) is 0 Å². The van der Waals surface area contributed by atoms with Crippen LogP contribution >= 0.6 is 12.6 Å². The van der Waals surface area contributed by atoms with Gasteiger partial charge in [-0.15, -0.1) is 17.7 Å². The number of hydrogen-bond acceptors (Lipinski definition) is 5. The number of carbonyl (C=O) groups is 1. The molecule has 0 atom stereocenters. The van der Waals surface area contributed by atoms with Crippen molar-refractivity contribution in [1.82, 2.24) is 19.6 Å². The molecule has 0 aromatic carbocycles. The Bertz CT molecular complexity index is 480. The number of aromatic nitrogens is 4. The summed E-state index contributed by atoms with van der Waals surface area (Å²) in [7, 11) is 0. The smallest absolute Gasteiger partial charge is 0.375 e. The zero-order valence-electron chi connectivity index (χ0n) is 6.25. The number of fused-ring (bicyclic) bond motifs is 1. The number of nitrogens with zero attached hydrogens (tertiary/aromatic N) is 4. The van der Waals surface area contributed by atoms with Gasteiger partial charge in [-0.1, -0.05) is 0 Å². The highest BCUT2D eigenvalue weighted by Crippen LogP contribution is 2.04. The molecule has 6 nitrogen and oxygen atoms in total. The van der Waals surface area contributed by atoms with Crippen LogP contribution in [-0.4, -0.2) is 30.7 Å². The molecule has 0 saturated heterocycles. The maximum absolute atomic E-state index is 10.5. The van der Waals surface area contributed by atoms with Gasteiger partial charge in [-0.05, 0) is 0 Å². The van der Waals surface area contributed by atoms with E-state index in [-0.39, 0.29) is 11.6 Å². The van der Waals surface area contributed by atoms with Gasteiger partial charge in [-0.3, -0.25) is 0 Å². The first kappa shape index (κ1) is 7.99. The Hall–Kier alpha value is -1.63. The molecule has 0 radical (unpaired) electrons. The minimum atomic E-state index is -1.17. The minimum absolute atomic E-state index is 0.246. The van der Waals surface area contributed by atoms with Crippen molar-refractivity contribution in [3.63, 3.8) is 0 Å². The van der Waals surface area contributed by atoms with Crippen LogP contribution in [0.2, 0.25) is 0 Å².